The van der Waals surface area contributed by atoms with Crippen LogP contribution in [0.25, 0.3) is 5.57 Å². The van der Waals surface area contributed by atoms with Gasteiger partial charge in [0.25, 0.3) is 0 Å². The molecule has 0 spiro atoms. The van der Waals surface area contributed by atoms with E-state index in [1.807, 2.05) is 31.2 Å². The zero-order chi connectivity index (χ0) is 13.7. The molecule has 96 valence electrons. The zero-order valence-corrected chi connectivity index (χ0v) is 11.0. The average molecular weight is 247 g/mol. The molecule has 0 fully saturated rings. The van der Waals surface area contributed by atoms with Gasteiger partial charge in [-0.3, -0.25) is 4.79 Å². The minimum atomic E-state index is -0.553. The molecule has 0 aromatic heterocycles. The second-order valence-electron chi connectivity index (χ2n) is 4.04. The number of carbonyl (C=O) groups is 2. The summed E-state index contributed by atoms with van der Waals surface area (Å²) in [4.78, 5) is 22.7. The monoisotopic (exact) mass is 247 g/mol. The van der Waals surface area contributed by atoms with Gasteiger partial charge in [-0.05, 0) is 25.0 Å². The Morgan fingerprint density at radius 1 is 1.11 bits per heavy atom. The lowest BCUT2D eigenvalue weighted by Gasteiger charge is -2.11. The molecule has 0 bridgehead atoms. The predicted octanol–water partition coefficient (Wildman–Crippen LogP) is 2.04. The molecule has 0 saturated heterocycles. The van der Waals surface area contributed by atoms with Gasteiger partial charge in [0.15, 0.2) is 0 Å². The number of ether oxygens (including phenoxy) is 1. The third kappa shape index (κ3) is 3.45. The summed E-state index contributed by atoms with van der Waals surface area (Å²) in [5.74, 6) is -0.856. The van der Waals surface area contributed by atoms with Crippen LogP contribution >= 0.6 is 0 Å². The first kappa shape index (κ1) is 14.0. The van der Waals surface area contributed by atoms with Gasteiger partial charge in [0.2, 0.25) is 5.91 Å². The van der Waals surface area contributed by atoms with Gasteiger partial charge in [-0.25, -0.2) is 4.79 Å². The lowest BCUT2D eigenvalue weighted by Crippen LogP contribution is -2.26. The molecule has 4 heteroatoms. The van der Waals surface area contributed by atoms with Crippen molar-refractivity contribution in [1.29, 1.82) is 0 Å². The van der Waals surface area contributed by atoms with Crippen LogP contribution in [0.15, 0.2) is 30.0 Å². The van der Waals surface area contributed by atoms with Crippen LogP contribution in [0.4, 0.5) is 0 Å². The van der Waals surface area contributed by atoms with Gasteiger partial charge in [0.1, 0.15) is 5.70 Å². The summed E-state index contributed by atoms with van der Waals surface area (Å²) >= 11 is 0. The fourth-order valence-corrected chi connectivity index (χ4v) is 1.52. The highest BCUT2D eigenvalue weighted by Gasteiger charge is 2.15. The summed E-state index contributed by atoms with van der Waals surface area (Å²) in [5.41, 5.74) is 2.85. The van der Waals surface area contributed by atoms with E-state index in [0.29, 0.717) is 5.57 Å². The molecule has 18 heavy (non-hydrogen) atoms. The molecule has 0 atom stereocenters. The Labute approximate surface area is 107 Å². The SMILES string of the molecule is COC(=O)/C(NC(C)=O)=C(\C)c1ccc(C)cc1. The van der Waals surface area contributed by atoms with E-state index in [9.17, 15) is 9.59 Å². The normalized spacial score (nSPS) is 11.6. The largest absolute Gasteiger partial charge is 0.464 e. The number of benzene rings is 1. The molecular formula is C14H17NO3. The Morgan fingerprint density at radius 2 is 1.67 bits per heavy atom. The summed E-state index contributed by atoms with van der Waals surface area (Å²) in [6, 6.07) is 7.69. The maximum atomic E-state index is 11.6. The number of rotatable bonds is 3. The van der Waals surface area contributed by atoms with E-state index in [2.05, 4.69) is 10.1 Å². The van der Waals surface area contributed by atoms with Crippen molar-refractivity contribution in [2.75, 3.05) is 7.11 Å². The maximum Gasteiger partial charge on any atom is 0.354 e. The molecule has 0 unspecified atom stereocenters. The highest BCUT2D eigenvalue weighted by molar-refractivity contribution is 6.00. The van der Waals surface area contributed by atoms with Gasteiger partial charge in [-0.1, -0.05) is 29.8 Å². The van der Waals surface area contributed by atoms with Gasteiger partial charge in [-0.15, -0.1) is 0 Å². The number of amides is 1. The van der Waals surface area contributed by atoms with E-state index >= 15 is 0 Å². The molecule has 1 amide bonds. The first-order chi connectivity index (χ1) is 8.45. The minimum absolute atomic E-state index is 0.175. The summed E-state index contributed by atoms with van der Waals surface area (Å²) in [6.07, 6.45) is 0. The molecule has 0 aliphatic rings. The van der Waals surface area contributed by atoms with Crippen molar-refractivity contribution >= 4 is 17.4 Å². The van der Waals surface area contributed by atoms with Crippen LogP contribution < -0.4 is 5.32 Å². The summed E-state index contributed by atoms with van der Waals surface area (Å²) in [6.45, 7) is 5.11. The van der Waals surface area contributed by atoms with Crippen molar-refractivity contribution in [2.45, 2.75) is 20.8 Å². The first-order valence-corrected chi connectivity index (χ1v) is 5.59. The molecule has 0 heterocycles. The molecule has 0 radical (unpaired) electrons. The van der Waals surface area contributed by atoms with Crippen LogP contribution in [0.3, 0.4) is 0 Å². The fourth-order valence-electron chi connectivity index (χ4n) is 1.52. The highest BCUT2D eigenvalue weighted by atomic mass is 16.5. The quantitative estimate of drug-likeness (QED) is 0.657. The van der Waals surface area contributed by atoms with Crippen molar-refractivity contribution in [1.82, 2.24) is 5.32 Å². The van der Waals surface area contributed by atoms with Gasteiger partial charge < -0.3 is 10.1 Å². The number of allylic oxidation sites excluding steroid dienone is 1. The van der Waals surface area contributed by atoms with E-state index in [4.69, 9.17) is 0 Å². The van der Waals surface area contributed by atoms with Crippen LogP contribution in [0.5, 0.6) is 0 Å². The van der Waals surface area contributed by atoms with Crippen LogP contribution in [0, 0.1) is 6.92 Å². The van der Waals surface area contributed by atoms with Crippen molar-refractivity contribution in [3.63, 3.8) is 0 Å². The number of hydrogen-bond donors (Lipinski definition) is 1. The van der Waals surface area contributed by atoms with Crippen LogP contribution in [0.1, 0.15) is 25.0 Å². The van der Waals surface area contributed by atoms with Crippen LogP contribution in [-0.2, 0) is 14.3 Å². The summed E-state index contributed by atoms with van der Waals surface area (Å²) in [5, 5.41) is 2.51. The Kier molecular flexibility index (Phi) is 4.66. The number of methoxy groups -OCH3 is 1. The Bertz CT molecular complexity index is 486. The van der Waals surface area contributed by atoms with Crippen molar-refractivity contribution < 1.29 is 14.3 Å². The van der Waals surface area contributed by atoms with Gasteiger partial charge >= 0.3 is 5.97 Å². The molecule has 1 rings (SSSR count). The Hall–Kier alpha value is -2.10. The number of nitrogens with one attached hydrogen (secondary N) is 1. The molecule has 1 aromatic rings. The highest BCUT2D eigenvalue weighted by Crippen LogP contribution is 2.18. The van der Waals surface area contributed by atoms with E-state index in [-0.39, 0.29) is 11.6 Å². The van der Waals surface area contributed by atoms with Gasteiger partial charge in [-0.2, -0.15) is 0 Å². The minimum Gasteiger partial charge on any atom is -0.464 e. The van der Waals surface area contributed by atoms with Crippen LogP contribution in [0.2, 0.25) is 0 Å². The predicted molar refractivity (Wildman–Crippen MR) is 69.6 cm³/mol. The van der Waals surface area contributed by atoms with Crippen molar-refractivity contribution in [3.8, 4) is 0 Å². The van der Waals surface area contributed by atoms with E-state index in [0.717, 1.165) is 11.1 Å². The fraction of sp³-hybridized carbons (Fsp3) is 0.286. The molecule has 0 aliphatic carbocycles. The topological polar surface area (TPSA) is 55.4 Å². The summed E-state index contributed by atoms with van der Waals surface area (Å²) < 4.78 is 4.67. The average Bonchev–Trinajstić information content (AvgIpc) is 2.35. The van der Waals surface area contributed by atoms with Crippen LogP contribution in [-0.4, -0.2) is 19.0 Å². The van der Waals surface area contributed by atoms with E-state index < -0.39 is 5.97 Å². The van der Waals surface area contributed by atoms with E-state index in [1.54, 1.807) is 6.92 Å². The van der Waals surface area contributed by atoms with Crippen molar-refractivity contribution in [3.05, 3.63) is 41.1 Å². The Morgan fingerprint density at radius 3 is 2.11 bits per heavy atom. The number of hydrogen-bond acceptors (Lipinski definition) is 3. The molecule has 0 saturated carbocycles. The molecule has 1 aromatic carbocycles. The molecule has 0 aliphatic heterocycles. The molecule has 1 N–H and O–H groups in total. The maximum absolute atomic E-state index is 11.6. The second kappa shape index (κ2) is 6.00. The second-order valence-corrected chi connectivity index (χ2v) is 4.04. The first-order valence-electron chi connectivity index (χ1n) is 5.59. The Balaban J connectivity index is 3.21. The standard InChI is InChI=1S/C14H17NO3/c1-9-5-7-12(8-6-9)10(2)13(14(17)18-4)15-11(3)16/h5-8H,1-4H3,(H,15,16)/b13-10-. The number of aryl methyl sites for hydroxylation is 1. The number of carbonyl (C=O) groups excluding carboxylic acids is 2. The third-order valence-electron chi connectivity index (χ3n) is 2.55. The van der Waals surface area contributed by atoms with Gasteiger partial charge in [0.05, 0.1) is 7.11 Å². The smallest absolute Gasteiger partial charge is 0.354 e. The summed E-state index contributed by atoms with van der Waals surface area (Å²) in [7, 11) is 1.28. The third-order valence-corrected chi connectivity index (χ3v) is 2.55. The van der Waals surface area contributed by atoms with Crippen molar-refractivity contribution in [2.24, 2.45) is 0 Å². The lowest BCUT2D eigenvalue weighted by atomic mass is 10.0. The number of esters is 1. The molecular weight excluding hydrogens is 230 g/mol. The van der Waals surface area contributed by atoms with E-state index in [1.165, 1.54) is 14.0 Å². The van der Waals surface area contributed by atoms with Gasteiger partial charge in [0, 0.05) is 6.92 Å². The lowest BCUT2D eigenvalue weighted by molar-refractivity contribution is -0.137. The zero-order valence-electron chi connectivity index (χ0n) is 11.0. The molecule has 4 nitrogen and oxygen atoms in total.